The zero-order chi connectivity index (χ0) is 17.9. The Bertz CT molecular complexity index is 728. The molecule has 1 fully saturated rings. The van der Waals surface area contributed by atoms with Crippen LogP contribution < -0.4 is 5.32 Å². The highest BCUT2D eigenvalue weighted by Gasteiger charge is 2.53. The third-order valence-electron chi connectivity index (χ3n) is 4.80. The highest BCUT2D eigenvalue weighted by atomic mass is 32.1. The van der Waals surface area contributed by atoms with E-state index in [-0.39, 0.29) is 11.9 Å². The van der Waals surface area contributed by atoms with Crippen LogP contribution >= 0.6 is 11.3 Å². The van der Waals surface area contributed by atoms with E-state index in [1.54, 1.807) is 0 Å². The van der Waals surface area contributed by atoms with Gasteiger partial charge in [-0.2, -0.15) is 11.3 Å². The van der Waals surface area contributed by atoms with Gasteiger partial charge in [0.2, 0.25) is 0 Å². The van der Waals surface area contributed by atoms with Crippen molar-refractivity contribution in [3.05, 3.63) is 58.3 Å². The SMILES string of the molecule is CCN(CC)CCN1C(=O)NC(c2ccccc2)(c2ccsc2)C1=O. The number of carbonyl (C=O) groups is 2. The van der Waals surface area contributed by atoms with Gasteiger partial charge in [0.15, 0.2) is 5.54 Å². The molecule has 1 aliphatic rings. The van der Waals surface area contributed by atoms with Gasteiger partial charge in [-0.3, -0.25) is 9.69 Å². The van der Waals surface area contributed by atoms with E-state index >= 15 is 0 Å². The van der Waals surface area contributed by atoms with Crippen LogP contribution in [0.3, 0.4) is 0 Å². The van der Waals surface area contributed by atoms with Crippen LogP contribution in [0.2, 0.25) is 0 Å². The van der Waals surface area contributed by atoms with Gasteiger partial charge < -0.3 is 10.2 Å². The molecule has 1 N–H and O–H groups in total. The van der Waals surface area contributed by atoms with Crippen LogP contribution in [0.1, 0.15) is 25.0 Å². The molecule has 3 amide bonds. The fourth-order valence-corrected chi connectivity index (χ4v) is 3.99. The summed E-state index contributed by atoms with van der Waals surface area (Å²) in [5.41, 5.74) is 0.478. The van der Waals surface area contributed by atoms with E-state index < -0.39 is 5.54 Å². The normalized spacial score (nSPS) is 20.4. The Balaban J connectivity index is 1.95. The van der Waals surface area contributed by atoms with Gasteiger partial charge in [0.1, 0.15) is 0 Å². The van der Waals surface area contributed by atoms with Gasteiger partial charge in [0.25, 0.3) is 5.91 Å². The van der Waals surface area contributed by atoms with Crippen molar-refractivity contribution < 1.29 is 9.59 Å². The van der Waals surface area contributed by atoms with Gasteiger partial charge in [-0.15, -0.1) is 0 Å². The van der Waals surface area contributed by atoms with Crippen molar-refractivity contribution in [2.75, 3.05) is 26.2 Å². The summed E-state index contributed by atoms with van der Waals surface area (Å²) in [6, 6.07) is 11.1. The molecule has 132 valence electrons. The highest BCUT2D eigenvalue weighted by molar-refractivity contribution is 7.08. The number of nitrogens with one attached hydrogen (secondary N) is 1. The lowest BCUT2D eigenvalue weighted by molar-refractivity contribution is -0.130. The lowest BCUT2D eigenvalue weighted by atomic mass is 9.84. The number of rotatable bonds is 7. The average Bonchev–Trinajstić information content (AvgIpc) is 3.25. The van der Waals surface area contributed by atoms with Crippen molar-refractivity contribution in [3.8, 4) is 0 Å². The minimum absolute atomic E-state index is 0.200. The summed E-state index contributed by atoms with van der Waals surface area (Å²) in [5.74, 6) is -0.200. The van der Waals surface area contributed by atoms with Crippen LogP contribution in [0, 0.1) is 0 Å². The van der Waals surface area contributed by atoms with E-state index in [4.69, 9.17) is 0 Å². The molecule has 1 unspecified atom stereocenters. The van der Waals surface area contributed by atoms with Crippen molar-refractivity contribution in [1.29, 1.82) is 0 Å². The second-order valence-electron chi connectivity index (χ2n) is 6.04. The van der Waals surface area contributed by atoms with Crippen molar-refractivity contribution in [1.82, 2.24) is 15.1 Å². The summed E-state index contributed by atoms with van der Waals surface area (Å²) >= 11 is 1.52. The molecule has 1 aliphatic heterocycles. The molecule has 0 spiro atoms. The predicted molar refractivity (Wildman–Crippen MR) is 99.6 cm³/mol. The lowest BCUT2D eigenvalue weighted by Gasteiger charge is -2.27. The van der Waals surface area contributed by atoms with Crippen LogP contribution in [-0.4, -0.2) is 47.9 Å². The number of hydrogen-bond donors (Lipinski definition) is 1. The molecule has 1 aromatic heterocycles. The molecule has 2 aromatic rings. The molecular formula is C19H23N3O2S. The minimum Gasteiger partial charge on any atom is -0.315 e. The number of carbonyl (C=O) groups excluding carboxylic acids is 2. The Labute approximate surface area is 152 Å². The van der Waals surface area contributed by atoms with E-state index in [2.05, 4.69) is 24.1 Å². The van der Waals surface area contributed by atoms with E-state index in [0.29, 0.717) is 13.1 Å². The fraction of sp³-hybridized carbons (Fsp3) is 0.368. The fourth-order valence-electron chi connectivity index (χ4n) is 3.28. The molecule has 6 heteroatoms. The van der Waals surface area contributed by atoms with Crippen molar-refractivity contribution in [2.24, 2.45) is 0 Å². The van der Waals surface area contributed by atoms with Crippen LogP contribution in [0.25, 0.3) is 0 Å². The van der Waals surface area contributed by atoms with Gasteiger partial charge in [0, 0.05) is 18.7 Å². The predicted octanol–water partition coefficient (Wildman–Crippen LogP) is 2.89. The Morgan fingerprint density at radius 3 is 2.40 bits per heavy atom. The first kappa shape index (κ1) is 17.6. The minimum atomic E-state index is -1.12. The Morgan fingerprint density at radius 1 is 1.08 bits per heavy atom. The number of urea groups is 1. The van der Waals surface area contributed by atoms with E-state index in [1.807, 2.05) is 47.2 Å². The third kappa shape index (κ3) is 3.07. The molecule has 25 heavy (non-hydrogen) atoms. The summed E-state index contributed by atoms with van der Waals surface area (Å²) < 4.78 is 0. The van der Waals surface area contributed by atoms with E-state index in [1.165, 1.54) is 16.2 Å². The number of nitrogens with zero attached hydrogens (tertiary/aromatic N) is 2. The molecule has 1 atom stereocenters. The highest BCUT2D eigenvalue weighted by Crippen LogP contribution is 2.36. The number of thiophene rings is 1. The summed E-state index contributed by atoms with van der Waals surface area (Å²) in [7, 11) is 0. The Hall–Kier alpha value is -2.18. The van der Waals surface area contributed by atoms with Gasteiger partial charge in [-0.25, -0.2) is 4.79 Å². The van der Waals surface area contributed by atoms with Crippen molar-refractivity contribution in [3.63, 3.8) is 0 Å². The average molecular weight is 357 g/mol. The van der Waals surface area contributed by atoms with Gasteiger partial charge in [-0.1, -0.05) is 44.2 Å². The molecule has 5 nitrogen and oxygen atoms in total. The first-order valence-corrected chi connectivity index (χ1v) is 9.52. The third-order valence-corrected chi connectivity index (χ3v) is 5.48. The molecule has 0 radical (unpaired) electrons. The number of likely N-dealkylation sites (N-methyl/N-ethyl adjacent to an activating group) is 1. The molecule has 0 aliphatic carbocycles. The summed E-state index contributed by atoms with van der Waals surface area (Å²) in [5, 5.41) is 6.83. The van der Waals surface area contributed by atoms with Crippen molar-refractivity contribution in [2.45, 2.75) is 19.4 Å². The second-order valence-corrected chi connectivity index (χ2v) is 6.82. The maximum Gasteiger partial charge on any atom is 0.325 e. The largest absolute Gasteiger partial charge is 0.325 e. The van der Waals surface area contributed by atoms with Crippen LogP contribution in [0.4, 0.5) is 4.79 Å². The smallest absolute Gasteiger partial charge is 0.315 e. The Kier molecular flexibility index (Phi) is 5.20. The summed E-state index contributed by atoms with van der Waals surface area (Å²) in [6.45, 7) is 7.03. The zero-order valence-corrected chi connectivity index (χ0v) is 15.4. The van der Waals surface area contributed by atoms with Crippen LogP contribution in [-0.2, 0) is 10.3 Å². The van der Waals surface area contributed by atoms with Crippen LogP contribution in [0.5, 0.6) is 0 Å². The van der Waals surface area contributed by atoms with Gasteiger partial charge >= 0.3 is 6.03 Å². The first-order valence-electron chi connectivity index (χ1n) is 8.58. The maximum absolute atomic E-state index is 13.4. The second kappa shape index (κ2) is 7.37. The first-order chi connectivity index (χ1) is 12.1. The van der Waals surface area contributed by atoms with E-state index in [0.717, 1.165) is 24.2 Å². The maximum atomic E-state index is 13.4. The monoisotopic (exact) mass is 357 g/mol. The van der Waals surface area contributed by atoms with Crippen molar-refractivity contribution >= 4 is 23.3 Å². The topological polar surface area (TPSA) is 52.6 Å². The molecule has 0 bridgehead atoms. The quantitative estimate of drug-likeness (QED) is 0.775. The number of amides is 3. The van der Waals surface area contributed by atoms with E-state index in [9.17, 15) is 9.59 Å². The summed E-state index contributed by atoms with van der Waals surface area (Å²) in [4.78, 5) is 29.5. The number of benzene rings is 1. The molecule has 2 heterocycles. The zero-order valence-electron chi connectivity index (χ0n) is 14.6. The molecule has 1 aromatic carbocycles. The lowest BCUT2D eigenvalue weighted by Crippen LogP contribution is -2.45. The van der Waals surface area contributed by atoms with Crippen LogP contribution in [0.15, 0.2) is 47.2 Å². The molecule has 1 saturated heterocycles. The molecule has 3 rings (SSSR count). The Morgan fingerprint density at radius 2 is 1.80 bits per heavy atom. The number of hydrogen-bond acceptors (Lipinski definition) is 4. The number of imide groups is 1. The molecule has 0 saturated carbocycles. The standard InChI is InChI=1S/C19H23N3O2S/c1-3-21(4-2)11-12-22-17(23)19(20-18(22)24,16-10-13-25-14-16)15-8-6-5-7-9-15/h5-10,13-14H,3-4,11-12H2,1-2H3,(H,20,24). The van der Waals surface area contributed by atoms with Gasteiger partial charge in [0.05, 0.1) is 0 Å². The summed E-state index contributed by atoms with van der Waals surface area (Å²) in [6.07, 6.45) is 0. The molecular weight excluding hydrogens is 334 g/mol. The van der Waals surface area contributed by atoms with Gasteiger partial charge in [-0.05, 0) is 35.5 Å².